The van der Waals surface area contributed by atoms with Crippen LogP contribution >= 0.6 is 11.6 Å². The molecule has 2 aromatic carbocycles. The second kappa shape index (κ2) is 8.63. The van der Waals surface area contributed by atoms with Gasteiger partial charge in [0.25, 0.3) is 0 Å². The zero-order valence-electron chi connectivity index (χ0n) is 17.6. The van der Waals surface area contributed by atoms with Crippen LogP contribution in [-0.4, -0.2) is 25.9 Å². The smallest absolute Gasteiger partial charge is 0.226 e. The Morgan fingerprint density at radius 2 is 1.91 bits per heavy atom. The molecule has 4 aromatic rings. The number of aryl methyl sites for hydroxylation is 1. The van der Waals surface area contributed by atoms with Crippen molar-refractivity contribution in [1.82, 2.24) is 20.0 Å². The lowest BCUT2D eigenvalue weighted by Crippen LogP contribution is -2.25. The number of nitrogens with one attached hydrogen (secondary N) is 1. The molecular weight excluding hydrogens is 445 g/mol. The van der Waals surface area contributed by atoms with Crippen LogP contribution in [0.3, 0.4) is 0 Å². The average molecular weight is 464 g/mol. The maximum absolute atomic E-state index is 13.8. The van der Waals surface area contributed by atoms with E-state index in [1.165, 1.54) is 6.07 Å². The molecule has 0 bridgehead atoms. The third-order valence-electron chi connectivity index (χ3n) is 5.57. The van der Waals surface area contributed by atoms with Crippen molar-refractivity contribution in [2.24, 2.45) is 0 Å². The molecule has 0 spiro atoms. The summed E-state index contributed by atoms with van der Waals surface area (Å²) in [7, 11) is 0. The summed E-state index contributed by atoms with van der Waals surface area (Å²) in [6, 6.07) is 17.3. The molecule has 166 valence electrons. The summed E-state index contributed by atoms with van der Waals surface area (Å²) < 4.78 is 21.1. The second-order valence-electron chi connectivity index (χ2n) is 7.73. The van der Waals surface area contributed by atoms with Crippen molar-refractivity contribution in [1.29, 1.82) is 0 Å². The molecule has 3 heterocycles. The van der Waals surface area contributed by atoms with Gasteiger partial charge < -0.3 is 10.1 Å². The number of hydrogen-bond donors (Lipinski definition) is 1. The fourth-order valence-electron chi connectivity index (χ4n) is 3.99. The number of carbonyl (C=O) groups excluding carboxylic acids is 1. The van der Waals surface area contributed by atoms with Crippen molar-refractivity contribution >= 4 is 23.3 Å². The van der Waals surface area contributed by atoms with E-state index in [9.17, 15) is 9.18 Å². The Bertz CT molecular complexity index is 1320. The van der Waals surface area contributed by atoms with Crippen LogP contribution in [0.2, 0.25) is 5.15 Å². The number of ether oxygens (including phenoxy) is 1. The Labute approximate surface area is 194 Å². The molecule has 33 heavy (non-hydrogen) atoms. The highest BCUT2D eigenvalue weighted by molar-refractivity contribution is 6.29. The van der Waals surface area contributed by atoms with Gasteiger partial charge in [-0.3, -0.25) is 4.79 Å². The van der Waals surface area contributed by atoms with E-state index in [1.54, 1.807) is 35.0 Å². The van der Waals surface area contributed by atoms with Crippen molar-refractivity contribution < 1.29 is 13.9 Å². The van der Waals surface area contributed by atoms with E-state index in [0.29, 0.717) is 29.4 Å². The van der Waals surface area contributed by atoms with E-state index < -0.39 is 0 Å². The van der Waals surface area contributed by atoms with Gasteiger partial charge in [0, 0.05) is 23.5 Å². The largest absolute Gasteiger partial charge is 0.489 e. The Kier molecular flexibility index (Phi) is 5.51. The van der Waals surface area contributed by atoms with Crippen LogP contribution in [0.25, 0.3) is 5.82 Å². The SMILES string of the molecule is Cc1nn(-c2ccc(Cl)nn2)c2c1C(c1ccc(OCc3ccccc3F)cc1)CC(=O)N2. The van der Waals surface area contributed by atoms with Crippen molar-refractivity contribution in [3.8, 4) is 11.6 Å². The van der Waals surface area contributed by atoms with Gasteiger partial charge in [0.2, 0.25) is 5.91 Å². The molecule has 0 saturated heterocycles. The van der Waals surface area contributed by atoms with E-state index in [1.807, 2.05) is 31.2 Å². The average Bonchev–Trinajstić information content (AvgIpc) is 3.15. The maximum Gasteiger partial charge on any atom is 0.226 e. The molecular formula is C24H19ClFN5O2. The zero-order valence-corrected chi connectivity index (χ0v) is 18.4. The van der Waals surface area contributed by atoms with Crippen LogP contribution in [-0.2, 0) is 11.4 Å². The molecule has 1 amide bonds. The molecule has 0 radical (unpaired) electrons. The Morgan fingerprint density at radius 3 is 2.64 bits per heavy atom. The van der Waals surface area contributed by atoms with E-state index in [0.717, 1.165) is 16.8 Å². The predicted molar refractivity (Wildman–Crippen MR) is 121 cm³/mol. The van der Waals surface area contributed by atoms with Crippen molar-refractivity contribution in [3.63, 3.8) is 0 Å². The molecule has 1 aliphatic rings. The number of benzene rings is 2. The number of nitrogens with zero attached hydrogens (tertiary/aromatic N) is 4. The highest BCUT2D eigenvalue weighted by Crippen LogP contribution is 2.40. The first-order valence-electron chi connectivity index (χ1n) is 10.3. The first-order valence-corrected chi connectivity index (χ1v) is 10.7. The molecule has 0 saturated carbocycles. The minimum absolute atomic E-state index is 0.115. The van der Waals surface area contributed by atoms with Crippen molar-refractivity contribution in [3.05, 3.63) is 94.0 Å². The highest BCUT2D eigenvalue weighted by Gasteiger charge is 2.33. The number of aromatic nitrogens is 4. The number of hydrogen-bond acceptors (Lipinski definition) is 5. The molecule has 1 N–H and O–H groups in total. The lowest BCUT2D eigenvalue weighted by atomic mass is 9.86. The summed E-state index contributed by atoms with van der Waals surface area (Å²) in [5, 5.41) is 15.7. The van der Waals surface area contributed by atoms with Gasteiger partial charge in [0.1, 0.15) is 24.0 Å². The van der Waals surface area contributed by atoms with Crippen molar-refractivity contribution in [2.45, 2.75) is 25.9 Å². The molecule has 1 unspecified atom stereocenters. The quantitative estimate of drug-likeness (QED) is 0.459. The minimum Gasteiger partial charge on any atom is -0.489 e. The molecule has 1 aliphatic heterocycles. The van der Waals surface area contributed by atoms with Gasteiger partial charge in [0.15, 0.2) is 11.0 Å². The normalized spacial score (nSPS) is 15.1. The summed E-state index contributed by atoms with van der Waals surface area (Å²) in [4.78, 5) is 12.5. The van der Waals surface area contributed by atoms with Gasteiger partial charge in [-0.2, -0.15) is 9.78 Å². The molecule has 2 aromatic heterocycles. The molecule has 9 heteroatoms. The number of rotatable bonds is 5. The lowest BCUT2D eigenvalue weighted by Gasteiger charge is -2.24. The molecule has 0 fully saturated rings. The standard InChI is InChI=1S/C24H19ClFN5O2/c1-14-23-18(12-22(32)27-24(23)31(30-14)21-11-10-20(25)28-29-21)15-6-8-17(9-7-15)33-13-16-4-2-3-5-19(16)26/h2-11,18H,12-13H2,1H3,(H,27,32). The summed E-state index contributed by atoms with van der Waals surface area (Å²) >= 11 is 5.85. The van der Waals surface area contributed by atoms with Crippen LogP contribution in [0.15, 0.2) is 60.7 Å². The summed E-state index contributed by atoms with van der Waals surface area (Å²) in [5.74, 6) is 1.06. The summed E-state index contributed by atoms with van der Waals surface area (Å²) in [6.07, 6.45) is 0.293. The lowest BCUT2D eigenvalue weighted by molar-refractivity contribution is -0.116. The molecule has 1 atom stereocenters. The van der Waals surface area contributed by atoms with Gasteiger partial charge in [-0.1, -0.05) is 41.9 Å². The van der Waals surface area contributed by atoms with Crippen LogP contribution in [0, 0.1) is 12.7 Å². The van der Waals surface area contributed by atoms with E-state index >= 15 is 0 Å². The highest BCUT2D eigenvalue weighted by atomic mass is 35.5. The van der Waals surface area contributed by atoms with Gasteiger partial charge in [0.05, 0.1) is 5.69 Å². The van der Waals surface area contributed by atoms with Gasteiger partial charge in [-0.25, -0.2) is 4.39 Å². The van der Waals surface area contributed by atoms with Crippen LogP contribution in [0.5, 0.6) is 5.75 Å². The maximum atomic E-state index is 13.8. The monoisotopic (exact) mass is 463 g/mol. The van der Waals surface area contributed by atoms with Crippen LogP contribution in [0.1, 0.15) is 34.7 Å². The Hall–Kier alpha value is -3.78. The van der Waals surface area contributed by atoms with Crippen LogP contribution in [0.4, 0.5) is 10.2 Å². The van der Waals surface area contributed by atoms with Crippen LogP contribution < -0.4 is 10.1 Å². The topological polar surface area (TPSA) is 81.9 Å². The third kappa shape index (κ3) is 4.17. The Balaban J connectivity index is 1.42. The summed E-state index contributed by atoms with van der Waals surface area (Å²) in [5.41, 5.74) is 3.15. The summed E-state index contributed by atoms with van der Waals surface area (Å²) in [6.45, 7) is 2.03. The number of anilines is 1. The predicted octanol–water partition coefficient (Wildman–Crippen LogP) is 4.82. The van der Waals surface area contributed by atoms with Gasteiger partial charge >= 0.3 is 0 Å². The molecule has 7 nitrogen and oxygen atoms in total. The Morgan fingerprint density at radius 1 is 1.12 bits per heavy atom. The van der Waals surface area contributed by atoms with E-state index in [2.05, 4.69) is 20.6 Å². The van der Waals surface area contributed by atoms with Gasteiger partial charge in [-0.15, -0.1) is 10.2 Å². The number of amides is 1. The third-order valence-corrected chi connectivity index (χ3v) is 5.77. The number of halogens is 2. The van der Waals surface area contributed by atoms with E-state index in [4.69, 9.17) is 16.3 Å². The van der Waals surface area contributed by atoms with Crippen molar-refractivity contribution in [2.75, 3.05) is 5.32 Å². The fraction of sp³-hybridized carbons (Fsp3) is 0.167. The zero-order chi connectivity index (χ0) is 22.9. The molecule has 5 rings (SSSR count). The number of fused-ring (bicyclic) bond motifs is 1. The van der Waals surface area contributed by atoms with Gasteiger partial charge in [-0.05, 0) is 42.8 Å². The first kappa shape index (κ1) is 21.1. The first-order chi connectivity index (χ1) is 16.0. The molecule has 0 aliphatic carbocycles. The second-order valence-corrected chi connectivity index (χ2v) is 8.12. The minimum atomic E-state index is -0.298. The number of carbonyl (C=O) groups is 1. The fourth-order valence-corrected chi connectivity index (χ4v) is 4.09. The van der Waals surface area contributed by atoms with E-state index in [-0.39, 0.29) is 29.4 Å².